The van der Waals surface area contributed by atoms with E-state index in [-0.39, 0.29) is 12.2 Å². The number of alkyl carbamates (subject to hydrolysis) is 1. The molecule has 0 unspecified atom stereocenters. The molecule has 0 atom stereocenters. The van der Waals surface area contributed by atoms with Crippen LogP contribution in [0.4, 0.5) is 9.18 Å². The van der Waals surface area contributed by atoms with Gasteiger partial charge in [0.05, 0.1) is 5.56 Å². The van der Waals surface area contributed by atoms with Gasteiger partial charge >= 0.3 is 6.09 Å². The van der Waals surface area contributed by atoms with Gasteiger partial charge in [0.1, 0.15) is 12.4 Å². The molecule has 122 valence electrons. The van der Waals surface area contributed by atoms with Crippen molar-refractivity contribution in [3.8, 4) is 11.8 Å². The Morgan fingerprint density at radius 1 is 1.21 bits per heavy atom. The molecule has 4 nitrogen and oxygen atoms in total. The Kier molecular flexibility index (Phi) is 6.54. The number of hydrogen-bond acceptors (Lipinski definition) is 3. The number of nitrogens with one attached hydrogen (secondary N) is 1. The molecule has 0 radical (unpaired) electrons. The molecule has 1 amide bonds. The summed E-state index contributed by atoms with van der Waals surface area (Å²) in [4.78, 5) is 22.0. The number of benzene rings is 2. The first-order valence-electron chi connectivity index (χ1n) is 7.37. The third-order valence-electron chi connectivity index (χ3n) is 3.09. The van der Waals surface area contributed by atoms with E-state index in [0.29, 0.717) is 24.8 Å². The summed E-state index contributed by atoms with van der Waals surface area (Å²) in [6.45, 7) is 0.538. The first kappa shape index (κ1) is 17.2. The smallest absolute Gasteiger partial charge is 0.407 e. The number of hydrogen-bond donors (Lipinski definition) is 1. The van der Waals surface area contributed by atoms with Crippen LogP contribution in [-0.2, 0) is 11.3 Å². The number of ether oxygens (including phenoxy) is 1. The van der Waals surface area contributed by atoms with Crippen molar-refractivity contribution < 1.29 is 18.7 Å². The van der Waals surface area contributed by atoms with Crippen LogP contribution in [0.5, 0.6) is 0 Å². The fraction of sp³-hybridized carbons (Fsp3) is 0.158. The van der Waals surface area contributed by atoms with Gasteiger partial charge in [0.2, 0.25) is 0 Å². The molecule has 24 heavy (non-hydrogen) atoms. The van der Waals surface area contributed by atoms with Crippen molar-refractivity contribution in [2.24, 2.45) is 0 Å². The number of amides is 1. The Morgan fingerprint density at radius 3 is 2.71 bits per heavy atom. The fourth-order valence-corrected chi connectivity index (χ4v) is 1.87. The minimum Gasteiger partial charge on any atom is -0.445 e. The molecule has 0 saturated heterocycles. The highest BCUT2D eigenvalue weighted by Gasteiger charge is 2.01. The quantitative estimate of drug-likeness (QED) is 0.521. The molecule has 0 saturated carbocycles. The summed E-state index contributed by atoms with van der Waals surface area (Å²) in [5.74, 6) is 4.99. The van der Waals surface area contributed by atoms with Crippen molar-refractivity contribution in [2.45, 2.75) is 13.0 Å². The van der Waals surface area contributed by atoms with E-state index in [1.807, 2.05) is 30.3 Å². The van der Waals surface area contributed by atoms with Crippen LogP contribution in [0.15, 0.2) is 48.5 Å². The Morgan fingerprint density at radius 2 is 2.00 bits per heavy atom. The van der Waals surface area contributed by atoms with Crippen LogP contribution >= 0.6 is 0 Å². The Hall–Kier alpha value is -3.13. The molecule has 1 N–H and O–H groups in total. The number of carbonyl (C=O) groups excluding carboxylic acids is 2. The van der Waals surface area contributed by atoms with Gasteiger partial charge < -0.3 is 10.1 Å². The highest BCUT2D eigenvalue weighted by atomic mass is 19.1. The van der Waals surface area contributed by atoms with Crippen LogP contribution in [-0.4, -0.2) is 18.9 Å². The van der Waals surface area contributed by atoms with E-state index in [1.165, 1.54) is 12.1 Å². The number of halogens is 1. The van der Waals surface area contributed by atoms with Crippen molar-refractivity contribution >= 4 is 12.4 Å². The second-order valence-corrected chi connectivity index (χ2v) is 4.89. The fourth-order valence-electron chi connectivity index (χ4n) is 1.87. The van der Waals surface area contributed by atoms with Gasteiger partial charge in [0, 0.05) is 18.5 Å². The molecule has 5 heteroatoms. The monoisotopic (exact) mass is 325 g/mol. The van der Waals surface area contributed by atoms with E-state index >= 15 is 0 Å². The topological polar surface area (TPSA) is 55.4 Å². The molecule has 0 fully saturated rings. The lowest BCUT2D eigenvalue weighted by atomic mass is 10.1. The maximum absolute atomic E-state index is 13.4. The summed E-state index contributed by atoms with van der Waals surface area (Å²) in [6.07, 6.45) is 0.344. The second kappa shape index (κ2) is 9.11. The van der Waals surface area contributed by atoms with Crippen molar-refractivity contribution in [1.29, 1.82) is 0 Å². The predicted octanol–water partition coefficient (Wildman–Crippen LogP) is 3.31. The summed E-state index contributed by atoms with van der Waals surface area (Å²) >= 11 is 0. The maximum atomic E-state index is 13.4. The summed E-state index contributed by atoms with van der Waals surface area (Å²) in [6, 6.07) is 13.5. The lowest BCUT2D eigenvalue weighted by Crippen LogP contribution is -2.24. The van der Waals surface area contributed by atoms with Gasteiger partial charge in [0.15, 0.2) is 6.29 Å². The number of rotatable bonds is 5. The van der Waals surface area contributed by atoms with Gasteiger partial charge in [-0.2, -0.15) is 0 Å². The molecule has 0 aliphatic rings. The van der Waals surface area contributed by atoms with Gasteiger partial charge in [-0.05, 0) is 23.8 Å². The summed E-state index contributed by atoms with van der Waals surface area (Å²) in [5.41, 5.74) is 1.39. The Balaban J connectivity index is 1.70. The number of carbonyl (C=O) groups is 2. The summed E-state index contributed by atoms with van der Waals surface area (Å²) < 4.78 is 18.4. The minimum atomic E-state index is -0.598. The van der Waals surface area contributed by atoms with Crippen molar-refractivity contribution in [3.05, 3.63) is 71.0 Å². The van der Waals surface area contributed by atoms with Crippen LogP contribution in [0.25, 0.3) is 0 Å². The zero-order chi connectivity index (χ0) is 17.2. The molecular formula is C19H16FNO3. The minimum absolute atomic E-state index is 0.00313. The molecule has 0 heterocycles. The van der Waals surface area contributed by atoms with Gasteiger partial charge in [-0.3, -0.25) is 4.79 Å². The summed E-state index contributed by atoms with van der Waals surface area (Å²) in [7, 11) is 0. The lowest BCUT2D eigenvalue weighted by molar-refractivity contribution is 0.111. The third-order valence-corrected chi connectivity index (χ3v) is 3.09. The van der Waals surface area contributed by atoms with Crippen LogP contribution in [0, 0.1) is 17.7 Å². The van der Waals surface area contributed by atoms with E-state index < -0.39 is 11.9 Å². The molecule has 2 aromatic carbocycles. The van der Waals surface area contributed by atoms with E-state index in [1.54, 1.807) is 6.07 Å². The zero-order valence-corrected chi connectivity index (χ0v) is 12.9. The maximum Gasteiger partial charge on any atom is 0.407 e. The summed E-state index contributed by atoms with van der Waals surface area (Å²) in [5, 5.41) is 2.58. The van der Waals surface area contributed by atoms with Gasteiger partial charge in [-0.25, -0.2) is 9.18 Å². The molecule has 0 aliphatic heterocycles. The molecule has 0 aromatic heterocycles. The van der Waals surface area contributed by atoms with E-state index in [2.05, 4.69) is 17.2 Å². The van der Waals surface area contributed by atoms with E-state index in [4.69, 9.17) is 4.74 Å². The van der Waals surface area contributed by atoms with Crippen LogP contribution < -0.4 is 5.32 Å². The normalized spacial score (nSPS) is 9.54. The highest BCUT2D eigenvalue weighted by Crippen LogP contribution is 2.07. The predicted molar refractivity (Wildman–Crippen MR) is 87.9 cm³/mol. The van der Waals surface area contributed by atoms with Crippen molar-refractivity contribution in [1.82, 2.24) is 5.32 Å². The number of aldehydes is 1. The SMILES string of the molecule is O=Cc1ccc(C#CCCNC(=O)OCc2ccccc2)cc1F. The molecular weight excluding hydrogens is 309 g/mol. The van der Waals surface area contributed by atoms with Gasteiger partial charge in [-0.1, -0.05) is 42.2 Å². The molecule has 2 aromatic rings. The Labute approximate surface area is 139 Å². The lowest BCUT2D eigenvalue weighted by Gasteiger charge is -2.05. The largest absolute Gasteiger partial charge is 0.445 e. The second-order valence-electron chi connectivity index (χ2n) is 4.89. The van der Waals surface area contributed by atoms with Crippen molar-refractivity contribution in [2.75, 3.05) is 6.54 Å². The molecule has 0 bridgehead atoms. The average Bonchev–Trinajstić information content (AvgIpc) is 2.61. The first-order valence-corrected chi connectivity index (χ1v) is 7.37. The molecule has 0 spiro atoms. The Bertz CT molecular complexity index is 763. The van der Waals surface area contributed by atoms with Gasteiger partial charge in [-0.15, -0.1) is 0 Å². The van der Waals surface area contributed by atoms with Gasteiger partial charge in [0.25, 0.3) is 0 Å². The van der Waals surface area contributed by atoms with Crippen LogP contribution in [0.2, 0.25) is 0 Å². The standard InChI is InChI=1S/C19H16FNO3/c20-18-12-15(9-10-17(18)13-22)6-4-5-11-21-19(23)24-14-16-7-2-1-3-8-16/h1-3,7-10,12-13H,5,11,14H2,(H,21,23). The average molecular weight is 325 g/mol. The zero-order valence-electron chi connectivity index (χ0n) is 12.9. The van der Waals surface area contributed by atoms with E-state index in [9.17, 15) is 14.0 Å². The highest BCUT2D eigenvalue weighted by molar-refractivity contribution is 5.75. The van der Waals surface area contributed by atoms with Crippen LogP contribution in [0.3, 0.4) is 0 Å². The van der Waals surface area contributed by atoms with Crippen molar-refractivity contribution in [3.63, 3.8) is 0 Å². The van der Waals surface area contributed by atoms with Crippen LogP contribution in [0.1, 0.15) is 27.9 Å². The third kappa shape index (κ3) is 5.58. The first-order chi connectivity index (χ1) is 11.7. The van der Waals surface area contributed by atoms with E-state index in [0.717, 1.165) is 5.56 Å². The molecule has 2 rings (SSSR count). The molecule has 0 aliphatic carbocycles.